The van der Waals surface area contributed by atoms with Crippen molar-refractivity contribution in [2.75, 3.05) is 0 Å². The third kappa shape index (κ3) is 5.68. The molecule has 1 unspecified atom stereocenters. The monoisotopic (exact) mass is 246 g/mol. The Balaban J connectivity index is -0.000000845. The van der Waals surface area contributed by atoms with Gasteiger partial charge in [-0.25, -0.2) is 0 Å². The molecular formula is C10H16KLiO4. The second-order valence-electron chi connectivity index (χ2n) is 3.82. The Morgan fingerprint density at radius 2 is 1.62 bits per heavy atom. The van der Waals surface area contributed by atoms with Crippen LogP contribution < -0.4 is 80.5 Å². The summed E-state index contributed by atoms with van der Waals surface area (Å²) in [6.07, 6.45) is 2.26. The van der Waals surface area contributed by atoms with Gasteiger partial charge in [-0.1, -0.05) is 26.7 Å². The van der Waals surface area contributed by atoms with Crippen molar-refractivity contribution in [2.24, 2.45) is 11.3 Å². The van der Waals surface area contributed by atoms with Crippen molar-refractivity contribution in [3.63, 3.8) is 0 Å². The summed E-state index contributed by atoms with van der Waals surface area (Å²) in [5, 5.41) is 21.5. The summed E-state index contributed by atoms with van der Waals surface area (Å²) in [5.74, 6) is -3.61. The van der Waals surface area contributed by atoms with Crippen molar-refractivity contribution in [2.45, 2.75) is 40.0 Å². The Hall–Kier alpha value is 1.17. The van der Waals surface area contributed by atoms with Crippen molar-refractivity contribution in [3.8, 4) is 0 Å². The molecule has 0 aromatic carbocycles. The van der Waals surface area contributed by atoms with Gasteiger partial charge in [0.25, 0.3) is 0 Å². The number of aliphatic carboxylic acids is 2. The van der Waals surface area contributed by atoms with Crippen LogP contribution in [0.4, 0.5) is 0 Å². The van der Waals surface area contributed by atoms with E-state index in [0.717, 1.165) is 19.8 Å². The van der Waals surface area contributed by atoms with Gasteiger partial charge in [-0.05, 0) is 19.3 Å². The second kappa shape index (κ2) is 10.1. The summed E-state index contributed by atoms with van der Waals surface area (Å²) in [6.45, 7) is 4.71. The summed E-state index contributed by atoms with van der Waals surface area (Å²) >= 11 is 0. The van der Waals surface area contributed by atoms with Gasteiger partial charge in [0.15, 0.2) is 0 Å². The minimum absolute atomic E-state index is 0. The van der Waals surface area contributed by atoms with Crippen molar-refractivity contribution < 1.29 is 90.0 Å². The number of hydrogen-bond donors (Lipinski definition) is 0. The van der Waals surface area contributed by atoms with E-state index < -0.39 is 23.3 Å². The van der Waals surface area contributed by atoms with Crippen LogP contribution in [0.2, 0.25) is 0 Å². The number of rotatable bonds is 6. The van der Waals surface area contributed by atoms with Crippen LogP contribution in [0.3, 0.4) is 0 Å². The topological polar surface area (TPSA) is 80.3 Å². The molecule has 1 atom stereocenters. The van der Waals surface area contributed by atoms with Gasteiger partial charge >= 0.3 is 70.2 Å². The van der Waals surface area contributed by atoms with Gasteiger partial charge in [-0.15, -0.1) is 0 Å². The first-order valence-corrected chi connectivity index (χ1v) is 4.80. The predicted molar refractivity (Wildman–Crippen MR) is 46.8 cm³/mol. The van der Waals surface area contributed by atoms with Gasteiger partial charge in [0.1, 0.15) is 0 Å². The Bertz CT molecular complexity index is 219. The van der Waals surface area contributed by atoms with Crippen LogP contribution in [0.25, 0.3) is 0 Å². The molecule has 6 heteroatoms. The number of carboxylic acids is 2. The molecule has 0 aliphatic rings. The molecule has 82 valence electrons. The molecule has 0 saturated carbocycles. The molecule has 0 saturated heterocycles. The van der Waals surface area contributed by atoms with E-state index in [4.69, 9.17) is 0 Å². The number of unbranched alkanes of at least 4 members (excludes halogenated alkanes) is 1. The van der Waals surface area contributed by atoms with E-state index >= 15 is 0 Å². The Kier molecular flexibility index (Phi) is 14.2. The normalized spacial score (nSPS) is 11.9. The summed E-state index contributed by atoms with van der Waals surface area (Å²) in [6, 6.07) is 0. The molecule has 0 bridgehead atoms. The number of hydrogen-bond acceptors (Lipinski definition) is 4. The van der Waals surface area contributed by atoms with Crippen molar-refractivity contribution in [3.05, 3.63) is 0 Å². The molecular weight excluding hydrogens is 230 g/mol. The smallest absolute Gasteiger partial charge is 0.549 e. The first kappa shape index (κ1) is 22.4. The van der Waals surface area contributed by atoms with Gasteiger partial charge in [0.2, 0.25) is 0 Å². The van der Waals surface area contributed by atoms with Crippen molar-refractivity contribution in [1.82, 2.24) is 0 Å². The van der Waals surface area contributed by atoms with Crippen LogP contribution >= 0.6 is 0 Å². The van der Waals surface area contributed by atoms with Gasteiger partial charge < -0.3 is 19.8 Å². The van der Waals surface area contributed by atoms with Crippen LogP contribution in [-0.2, 0) is 9.59 Å². The van der Waals surface area contributed by atoms with Gasteiger partial charge in [0, 0.05) is 5.41 Å². The number of carbonyl (C=O) groups excluding carboxylic acids is 2. The molecule has 0 aliphatic carbocycles. The zero-order valence-electron chi connectivity index (χ0n) is 10.8. The van der Waals surface area contributed by atoms with E-state index in [1.165, 1.54) is 0 Å². The number of carbonyl (C=O) groups is 2. The zero-order chi connectivity index (χ0) is 11.4. The standard InChI is InChI=1S/C10H18O4.K.Li/c1-4-5-6-7(2)10(3,8(11)12)9(13)14;;/h7H,4-6H2,1-3H3,(H,11,12)(H,13,14);;/q;2*+1/p-2. The fourth-order valence-corrected chi connectivity index (χ4v) is 1.28. The van der Waals surface area contributed by atoms with Gasteiger partial charge in [0.05, 0.1) is 11.9 Å². The second-order valence-corrected chi connectivity index (χ2v) is 3.82. The van der Waals surface area contributed by atoms with Gasteiger partial charge in [-0.3, -0.25) is 0 Å². The molecule has 4 nitrogen and oxygen atoms in total. The SMILES string of the molecule is CCCCC(C)C(C)(C(=O)[O-])C(=O)[O-].[K+].[Li+]. The maximum atomic E-state index is 10.7. The molecule has 0 N–H and O–H groups in total. The fraction of sp³-hybridized carbons (Fsp3) is 0.800. The van der Waals surface area contributed by atoms with Crippen LogP contribution in [-0.4, -0.2) is 11.9 Å². The molecule has 0 spiro atoms. The number of carboxylic acid groups (broad SMARTS) is 2. The van der Waals surface area contributed by atoms with E-state index in [2.05, 4.69) is 0 Å². The van der Waals surface area contributed by atoms with Crippen LogP contribution in [0.15, 0.2) is 0 Å². The molecule has 0 rings (SSSR count). The summed E-state index contributed by atoms with van der Waals surface area (Å²) < 4.78 is 0. The Morgan fingerprint density at radius 1 is 1.25 bits per heavy atom. The quantitative estimate of drug-likeness (QED) is 0.345. The van der Waals surface area contributed by atoms with E-state index in [1.807, 2.05) is 6.92 Å². The molecule has 0 aromatic rings. The van der Waals surface area contributed by atoms with Gasteiger partial charge in [-0.2, -0.15) is 0 Å². The Morgan fingerprint density at radius 3 is 1.88 bits per heavy atom. The van der Waals surface area contributed by atoms with Crippen LogP contribution in [0, 0.1) is 11.3 Å². The first-order valence-electron chi connectivity index (χ1n) is 4.80. The molecule has 16 heavy (non-hydrogen) atoms. The summed E-state index contributed by atoms with van der Waals surface area (Å²) in [4.78, 5) is 21.5. The first-order chi connectivity index (χ1) is 6.37. The van der Waals surface area contributed by atoms with E-state index in [9.17, 15) is 19.8 Å². The maximum Gasteiger partial charge on any atom is 1.00 e. The summed E-state index contributed by atoms with van der Waals surface area (Å²) in [5.41, 5.74) is -1.88. The average Bonchev–Trinajstić information content (AvgIpc) is 2.11. The molecule has 0 aromatic heterocycles. The molecule has 0 aliphatic heterocycles. The van der Waals surface area contributed by atoms with Crippen molar-refractivity contribution >= 4 is 11.9 Å². The minimum atomic E-state index is -1.88. The van der Waals surface area contributed by atoms with Crippen LogP contribution in [0.5, 0.6) is 0 Å². The maximum absolute atomic E-state index is 10.7. The summed E-state index contributed by atoms with van der Waals surface area (Å²) in [7, 11) is 0. The van der Waals surface area contributed by atoms with E-state index in [-0.39, 0.29) is 70.2 Å². The average molecular weight is 246 g/mol. The van der Waals surface area contributed by atoms with E-state index in [1.54, 1.807) is 6.92 Å². The molecule has 0 amide bonds. The van der Waals surface area contributed by atoms with Crippen LogP contribution in [0.1, 0.15) is 40.0 Å². The predicted octanol–water partition coefficient (Wildman–Crippen LogP) is -6.67. The minimum Gasteiger partial charge on any atom is -0.549 e. The molecule has 0 fully saturated rings. The third-order valence-corrected chi connectivity index (χ3v) is 2.82. The third-order valence-electron chi connectivity index (χ3n) is 2.82. The molecule has 0 heterocycles. The Labute approximate surface area is 151 Å². The van der Waals surface area contributed by atoms with Crippen molar-refractivity contribution in [1.29, 1.82) is 0 Å². The zero-order valence-corrected chi connectivity index (χ0v) is 14.0. The largest absolute Gasteiger partial charge is 1.00 e. The molecule has 0 radical (unpaired) electrons. The van der Waals surface area contributed by atoms with E-state index in [0.29, 0.717) is 6.42 Å². The fourth-order valence-electron chi connectivity index (χ4n) is 1.28.